The van der Waals surface area contributed by atoms with Crippen LogP contribution in [-0.4, -0.2) is 12.2 Å². The highest BCUT2D eigenvalue weighted by atomic mass is 19.1. The molecule has 2 nitrogen and oxygen atoms in total. The molecule has 0 bridgehead atoms. The number of nitrogens with two attached hydrogens (primary N) is 1. The smallest absolute Gasteiger partial charge is 0.129 e. The van der Waals surface area contributed by atoms with Crippen LogP contribution in [0.1, 0.15) is 19.1 Å². The number of alkyl halides is 1. The molecule has 0 aliphatic carbocycles. The zero-order valence-electron chi connectivity index (χ0n) is 7.22. The molecule has 1 atom stereocenters. The molecule has 1 aromatic rings. The van der Waals surface area contributed by atoms with Crippen LogP contribution in [0.3, 0.4) is 0 Å². The van der Waals surface area contributed by atoms with Gasteiger partial charge < -0.3 is 10.2 Å². The molecule has 0 spiro atoms. The fourth-order valence-corrected chi connectivity index (χ4v) is 1.07. The van der Waals surface area contributed by atoms with Gasteiger partial charge in [0.1, 0.15) is 11.4 Å². The van der Waals surface area contributed by atoms with Crippen LogP contribution in [0.25, 0.3) is 0 Å². The van der Waals surface area contributed by atoms with Crippen molar-refractivity contribution < 1.29 is 8.81 Å². The lowest BCUT2D eigenvalue weighted by Gasteiger charge is -2.19. The molecule has 0 saturated carbocycles. The Bertz CT molecular complexity index is 216. The fourth-order valence-electron chi connectivity index (χ4n) is 1.07. The zero-order valence-corrected chi connectivity index (χ0v) is 7.22. The molecule has 1 rings (SSSR count). The maximum absolute atomic E-state index is 13.6. The van der Waals surface area contributed by atoms with Crippen molar-refractivity contribution in [3.05, 3.63) is 24.2 Å². The minimum absolute atomic E-state index is 0.0458. The number of hydrogen-bond donors (Lipinski definition) is 1. The number of furan rings is 1. The third-order valence-electron chi connectivity index (χ3n) is 2.07. The highest BCUT2D eigenvalue weighted by molar-refractivity contribution is 5.03. The highest BCUT2D eigenvalue weighted by Gasteiger charge is 2.26. The van der Waals surface area contributed by atoms with E-state index in [2.05, 4.69) is 0 Å². The van der Waals surface area contributed by atoms with Crippen LogP contribution in [0.2, 0.25) is 0 Å². The van der Waals surface area contributed by atoms with E-state index in [9.17, 15) is 4.39 Å². The summed E-state index contributed by atoms with van der Waals surface area (Å²) in [5, 5.41) is 0. The van der Waals surface area contributed by atoms with Gasteiger partial charge in [-0.1, -0.05) is 6.92 Å². The second kappa shape index (κ2) is 3.72. The molecular formula is C9H14FNO. The van der Waals surface area contributed by atoms with Crippen LogP contribution in [0, 0.1) is 0 Å². The van der Waals surface area contributed by atoms with Gasteiger partial charge in [0.2, 0.25) is 0 Å². The summed E-state index contributed by atoms with van der Waals surface area (Å²) >= 11 is 0. The van der Waals surface area contributed by atoms with Crippen molar-refractivity contribution >= 4 is 0 Å². The Morgan fingerprint density at radius 1 is 1.67 bits per heavy atom. The average Bonchev–Trinajstić information content (AvgIpc) is 2.57. The van der Waals surface area contributed by atoms with Gasteiger partial charge in [0.05, 0.1) is 6.26 Å². The first-order valence-corrected chi connectivity index (χ1v) is 4.11. The maximum Gasteiger partial charge on any atom is 0.129 e. The molecule has 2 N–H and O–H groups in total. The molecule has 68 valence electrons. The van der Waals surface area contributed by atoms with E-state index in [4.69, 9.17) is 10.2 Å². The molecular weight excluding hydrogens is 157 g/mol. The Morgan fingerprint density at radius 2 is 2.42 bits per heavy atom. The van der Waals surface area contributed by atoms with E-state index in [-0.39, 0.29) is 13.0 Å². The summed E-state index contributed by atoms with van der Waals surface area (Å²) in [4.78, 5) is 0. The van der Waals surface area contributed by atoms with Crippen LogP contribution in [0.5, 0.6) is 0 Å². The third-order valence-corrected chi connectivity index (χ3v) is 2.07. The minimum Gasteiger partial charge on any atom is -0.469 e. The van der Waals surface area contributed by atoms with E-state index in [0.717, 1.165) is 0 Å². The summed E-state index contributed by atoms with van der Waals surface area (Å²) in [6, 6.07) is 3.52. The highest BCUT2D eigenvalue weighted by Crippen LogP contribution is 2.20. The number of halogens is 1. The molecule has 0 radical (unpaired) electrons. The molecule has 0 fully saturated rings. The summed E-state index contributed by atoms with van der Waals surface area (Å²) in [6.07, 6.45) is 2.24. The predicted molar refractivity (Wildman–Crippen MR) is 45.6 cm³/mol. The van der Waals surface area contributed by atoms with E-state index >= 15 is 0 Å². The first-order chi connectivity index (χ1) is 5.70. The monoisotopic (exact) mass is 171 g/mol. The standard InChI is InChI=1S/C9H14FNO/c1-2-9(10,7-11)6-8-4-3-5-12-8/h3-5H,2,6-7,11H2,1H3. The quantitative estimate of drug-likeness (QED) is 0.751. The summed E-state index contributed by atoms with van der Waals surface area (Å²) in [6.45, 7) is 1.83. The molecule has 0 aromatic carbocycles. The van der Waals surface area contributed by atoms with Crippen LogP contribution in [0.4, 0.5) is 4.39 Å². The lowest BCUT2D eigenvalue weighted by Crippen LogP contribution is -2.34. The van der Waals surface area contributed by atoms with Crippen molar-refractivity contribution in [3.8, 4) is 0 Å². The molecule has 1 aromatic heterocycles. The van der Waals surface area contributed by atoms with Gasteiger partial charge in [-0.3, -0.25) is 0 Å². The Labute approximate surface area is 71.6 Å². The normalized spacial score (nSPS) is 15.9. The Hall–Kier alpha value is -0.830. The summed E-state index contributed by atoms with van der Waals surface area (Å²) < 4.78 is 18.7. The fraction of sp³-hybridized carbons (Fsp3) is 0.556. The zero-order chi connectivity index (χ0) is 9.03. The van der Waals surface area contributed by atoms with E-state index < -0.39 is 5.67 Å². The van der Waals surface area contributed by atoms with Crippen molar-refractivity contribution in [3.63, 3.8) is 0 Å². The molecule has 0 saturated heterocycles. The van der Waals surface area contributed by atoms with Gasteiger partial charge in [-0.15, -0.1) is 0 Å². The molecule has 0 aliphatic rings. The summed E-state index contributed by atoms with van der Waals surface area (Å²) in [5.41, 5.74) is 4.01. The van der Waals surface area contributed by atoms with Crippen molar-refractivity contribution in [1.82, 2.24) is 0 Å². The van der Waals surface area contributed by atoms with Gasteiger partial charge in [-0.25, -0.2) is 4.39 Å². The third kappa shape index (κ3) is 2.08. The van der Waals surface area contributed by atoms with Gasteiger partial charge in [0.15, 0.2) is 0 Å². The van der Waals surface area contributed by atoms with Gasteiger partial charge in [-0.05, 0) is 18.6 Å². The minimum atomic E-state index is -1.31. The SMILES string of the molecule is CCC(F)(CN)Cc1ccco1. The number of rotatable bonds is 4. The van der Waals surface area contributed by atoms with Crippen LogP contribution in [-0.2, 0) is 6.42 Å². The van der Waals surface area contributed by atoms with Crippen LogP contribution < -0.4 is 5.73 Å². The van der Waals surface area contributed by atoms with Crippen LogP contribution in [0.15, 0.2) is 22.8 Å². The molecule has 3 heteroatoms. The van der Waals surface area contributed by atoms with E-state index in [1.165, 1.54) is 0 Å². The maximum atomic E-state index is 13.6. The second-order valence-corrected chi connectivity index (χ2v) is 2.96. The number of hydrogen-bond acceptors (Lipinski definition) is 2. The Balaban J connectivity index is 2.60. The van der Waals surface area contributed by atoms with E-state index in [0.29, 0.717) is 12.2 Å². The van der Waals surface area contributed by atoms with Gasteiger partial charge in [0.25, 0.3) is 0 Å². The first kappa shape index (κ1) is 9.26. The van der Waals surface area contributed by atoms with Gasteiger partial charge in [0, 0.05) is 13.0 Å². The topological polar surface area (TPSA) is 39.2 Å². The van der Waals surface area contributed by atoms with Crippen molar-refractivity contribution in [2.45, 2.75) is 25.4 Å². The molecule has 1 heterocycles. The van der Waals surface area contributed by atoms with Gasteiger partial charge in [-0.2, -0.15) is 0 Å². The predicted octanol–water partition coefficient (Wildman–Crippen LogP) is 1.90. The largest absolute Gasteiger partial charge is 0.469 e. The lowest BCUT2D eigenvalue weighted by molar-refractivity contribution is 0.158. The molecule has 0 aliphatic heterocycles. The molecule has 1 unspecified atom stereocenters. The van der Waals surface area contributed by atoms with Crippen molar-refractivity contribution in [2.24, 2.45) is 5.73 Å². The Morgan fingerprint density at radius 3 is 2.83 bits per heavy atom. The lowest BCUT2D eigenvalue weighted by atomic mass is 9.97. The van der Waals surface area contributed by atoms with Crippen molar-refractivity contribution in [2.75, 3.05) is 6.54 Å². The average molecular weight is 171 g/mol. The first-order valence-electron chi connectivity index (χ1n) is 4.11. The molecule has 12 heavy (non-hydrogen) atoms. The molecule has 0 amide bonds. The second-order valence-electron chi connectivity index (χ2n) is 2.96. The summed E-state index contributed by atoms with van der Waals surface area (Å²) in [5.74, 6) is 0.657. The van der Waals surface area contributed by atoms with Crippen molar-refractivity contribution in [1.29, 1.82) is 0 Å². The Kier molecular flexibility index (Phi) is 2.87. The van der Waals surface area contributed by atoms with Gasteiger partial charge >= 0.3 is 0 Å². The van der Waals surface area contributed by atoms with E-state index in [1.807, 2.05) is 0 Å². The summed E-state index contributed by atoms with van der Waals surface area (Å²) in [7, 11) is 0. The van der Waals surface area contributed by atoms with Crippen LogP contribution >= 0.6 is 0 Å². The van der Waals surface area contributed by atoms with E-state index in [1.54, 1.807) is 25.3 Å².